The summed E-state index contributed by atoms with van der Waals surface area (Å²) < 4.78 is 0. The third-order valence-corrected chi connectivity index (χ3v) is 3.88. The lowest BCUT2D eigenvalue weighted by atomic mass is 9.98. The summed E-state index contributed by atoms with van der Waals surface area (Å²) in [6.45, 7) is 6.07. The van der Waals surface area contributed by atoms with E-state index in [0.717, 1.165) is 27.9 Å². The van der Waals surface area contributed by atoms with Crippen LogP contribution in [0.3, 0.4) is 0 Å². The van der Waals surface area contributed by atoms with Crippen LogP contribution < -0.4 is 0 Å². The molecule has 0 amide bonds. The molecule has 0 atom stereocenters. The maximum absolute atomic E-state index is 6.27. The fraction of sp³-hybridized carbons (Fsp3) is 0.158. The minimum atomic E-state index is 0.678. The van der Waals surface area contributed by atoms with Gasteiger partial charge >= 0.3 is 0 Å². The van der Waals surface area contributed by atoms with E-state index in [2.05, 4.69) is 41.2 Å². The van der Waals surface area contributed by atoms with E-state index >= 15 is 0 Å². The van der Waals surface area contributed by atoms with Crippen LogP contribution in [0.5, 0.6) is 0 Å². The molecule has 3 aromatic rings. The van der Waals surface area contributed by atoms with Crippen LogP contribution >= 0.6 is 11.6 Å². The minimum Gasteiger partial charge on any atom is -0.252 e. The predicted molar refractivity (Wildman–Crippen MR) is 94.2 cm³/mol. The fourth-order valence-electron chi connectivity index (χ4n) is 2.61. The van der Waals surface area contributed by atoms with Crippen LogP contribution in [0, 0.1) is 13.8 Å². The van der Waals surface area contributed by atoms with Crippen molar-refractivity contribution in [2.75, 3.05) is 0 Å². The number of aryl methyl sites for hydroxylation is 2. The van der Waals surface area contributed by atoms with E-state index < -0.39 is 0 Å². The zero-order valence-electron chi connectivity index (χ0n) is 12.9. The number of halogens is 1. The highest BCUT2D eigenvalue weighted by atomic mass is 35.5. The van der Waals surface area contributed by atoms with Gasteiger partial charge in [0.15, 0.2) is 0 Å². The number of fused-ring (bicyclic) bond motifs is 1. The van der Waals surface area contributed by atoms with Crippen molar-refractivity contribution in [3.63, 3.8) is 0 Å². The third kappa shape index (κ3) is 2.75. The van der Waals surface area contributed by atoms with Gasteiger partial charge in [-0.3, -0.25) is 4.98 Å². The molecule has 0 saturated carbocycles. The van der Waals surface area contributed by atoms with Crippen molar-refractivity contribution in [1.29, 1.82) is 0 Å². The molecule has 0 aliphatic rings. The number of aromatic nitrogens is 2. The highest BCUT2D eigenvalue weighted by molar-refractivity contribution is 6.31. The van der Waals surface area contributed by atoms with Gasteiger partial charge in [0.2, 0.25) is 0 Å². The van der Waals surface area contributed by atoms with Crippen molar-refractivity contribution in [2.24, 2.45) is 0 Å². The molecule has 0 bridgehead atoms. The lowest BCUT2D eigenvalue weighted by Crippen LogP contribution is -1.91. The Morgan fingerprint density at radius 2 is 1.91 bits per heavy atom. The van der Waals surface area contributed by atoms with Crippen molar-refractivity contribution < 1.29 is 0 Å². The van der Waals surface area contributed by atoms with Crippen LogP contribution in [0.25, 0.3) is 28.2 Å². The van der Waals surface area contributed by atoms with E-state index in [4.69, 9.17) is 11.6 Å². The summed E-state index contributed by atoms with van der Waals surface area (Å²) in [6.07, 6.45) is 5.95. The van der Waals surface area contributed by atoms with Gasteiger partial charge in [0.25, 0.3) is 0 Å². The van der Waals surface area contributed by atoms with Crippen molar-refractivity contribution in [2.45, 2.75) is 20.8 Å². The zero-order valence-corrected chi connectivity index (χ0v) is 13.6. The van der Waals surface area contributed by atoms with Crippen LogP contribution in [-0.2, 0) is 0 Å². The van der Waals surface area contributed by atoms with Gasteiger partial charge < -0.3 is 0 Å². The summed E-state index contributed by atoms with van der Waals surface area (Å²) in [4.78, 5) is 9.09. The normalized spacial score (nSPS) is 11.5. The number of hydrogen-bond acceptors (Lipinski definition) is 2. The summed E-state index contributed by atoms with van der Waals surface area (Å²) in [6, 6.07) is 10.2. The maximum Gasteiger partial charge on any atom is 0.0966 e. The van der Waals surface area contributed by atoms with E-state index in [9.17, 15) is 0 Å². The summed E-state index contributed by atoms with van der Waals surface area (Å²) >= 11 is 6.27. The smallest absolute Gasteiger partial charge is 0.0966 e. The van der Waals surface area contributed by atoms with Crippen molar-refractivity contribution in [3.05, 3.63) is 64.4 Å². The Balaban J connectivity index is 2.23. The van der Waals surface area contributed by atoms with Crippen LogP contribution in [0.2, 0.25) is 5.02 Å². The van der Waals surface area contributed by atoms with Crippen LogP contribution in [0.4, 0.5) is 0 Å². The quantitative estimate of drug-likeness (QED) is 0.616. The number of allylic oxidation sites excluding steroid dienone is 1. The Labute approximate surface area is 135 Å². The van der Waals surface area contributed by atoms with Gasteiger partial charge in [-0.05, 0) is 49.6 Å². The van der Waals surface area contributed by atoms with Crippen LogP contribution in [0.1, 0.15) is 23.7 Å². The Hall–Kier alpha value is -2.19. The molecule has 0 fully saturated rings. The second-order valence-corrected chi connectivity index (χ2v) is 5.84. The molecular weight excluding hydrogens is 292 g/mol. The summed E-state index contributed by atoms with van der Waals surface area (Å²) in [5.41, 5.74) is 7.18. The molecule has 0 N–H and O–H groups in total. The van der Waals surface area contributed by atoms with Crippen LogP contribution in [0.15, 0.2) is 42.6 Å². The summed E-state index contributed by atoms with van der Waals surface area (Å²) in [5, 5.41) is 0.678. The monoisotopic (exact) mass is 308 g/mol. The number of nitrogens with zero attached hydrogens (tertiary/aromatic N) is 2. The maximum atomic E-state index is 6.27. The number of rotatable bonds is 2. The third-order valence-electron chi connectivity index (χ3n) is 3.66. The summed E-state index contributed by atoms with van der Waals surface area (Å²) in [7, 11) is 0. The first-order chi connectivity index (χ1) is 10.6. The van der Waals surface area contributed by atoms with E-state index in [1.54, 1.807) is 6.20 Å². The highest BCUT2D eigenvalue weighted by Gasteiger charge is 2.09. The van der Waals surface area contributed by atoms with Gasteiger partial charge in [-0.25, -0.2) is 4.98 Å². The minimum absolute atomic E-state index is 0.678. The molecule has 2 aromatic carbocycles. The molecule has 22 heavy (non-hydrogen) atoms. The molecular formula is C19H17ClN2. The molecule has 0 spiro atoms. The molecule has 0 aliphatic heterocycles. The lowest BCUT2D eigenvalue weighted by molar-refractivity contribution is 1.19. The Bertz CT molecular complexity index is 877. The fourth-order valence-corrected chi connectivity index (χ4v) is 2.82. The van der Waals surface area contributed by atoms with Gasteiger partial charge in [-0.15, -0.1) is 0 Å². The molecule has 3 heteroatoms. The van der Waals surface area contributed by atoms with Gasteiger partial charge in [0.05, 0.1) is 16.7 Å². The topological polar surface area (TPSA) is 25.8 Å². The van der Waals surface area contributed by atoms with Crippen molar-refractivity contribution in [1.82, 2.24) is 9.97 Å². The molecule has 3 rings (SSSR count). The molecule has 0 saturated heterocycles. The average Bonchev–Trinajstić information content (AvgIpc) is 2.48. The molecule has 2 nitrogen and oxygen atoms in total. The first kappa shape index (κ1) is 14.7. The Morgan fingerprint density at radius 1 is 1.09 bits per heavy atom. The van der Waals surface area contributed by atoms with Gasteiger partial charge in [0.1, 0.15) is 0 Å². The molecule has 1 aromatic heterocycles. The molecule has 110 valence electrons. The number of hydrogen-bond donors (Lipinski definition) is 0. The van der Waals surface area contributed by atoms with Gasteiger partial charge in [-0.2, -0.15) is 0 Å². The first-order valence-corrected chi connectivity index (χ1v) is 7.63. The second kappa shape index (κ2) is 5.90. The van der Waals surface area contributed by atoms with Gasteiger partial charge in [0, 0.05) is 16.8 Å². The van der Waals surface area contributed by atoms with Crippen molar-refractivity contribution >= 4 is 28.7 Å². The van der Waals surface area contributed by atoms with E-state index in [-0.39, 0.29) is 0 Å². The number of benzene rings is 2. The van der Waals surface area contributed by atoms with E-state index in [1.165, 1.54) is 11.1 Å². The first-order valence-electron chi connectivity index (χ1n) is 7.25. The standard InChI is InChI=1S/C19H17ClN2/c1-4-5-14-6-7-15(8-12(14)2)17-9-16(20)10-18-19(17)21-11-13(3)22-18/h4-11H,1-3H3/b5-4-. The van der Waals surface area contributed by atoms with Gasteiger partial charge in [-0.1, -0.05) is 42.0 Å². The van der Waals surface area contributed by atoms with Crippen molar-refractivity contribution in [3.8, 4) is 11.1 Å². The lowest BCUT2D eigenvalue weighted by Gasteiger charge is -2.09. The Morgan fingerprint density at radius 3 is 2.64 bits per heavy atom. The Kier molecular flexibility index (Phi) is 3.95. The summed E-state index contributed by atoms with van der Waals surface area (Å²) in [5.74, 6) is 0. The largest absolute Gasteiger partial charge is 0.252 e. The second-order valence-electron chi connectivity index (χ2n) is 5.40. The van der Waals surface area contributed by atoms with E-state index in [0.29, 0.717) is 5.02 Å². The SMILES string of the molecule is C/C=C\c1ccc(-c2cc(Cl)cc3nc(C)cnc23)cc1C. The molecule has 0 radical (unpaired) electrons. The zero-order chi connectivity index (χ0) is 15.7. The highest BCUT2D eigenvalue weighted by Crippen LogP contribution is 2.31. The predicted octanol–water partition coefficient (Wildman–Crippen LogP) is 5.60. The van der Waals surface area contributed by atoms with E-state index in [1.807, 2.05) is 32.1 Å². The van der Waals surface area contributed by atoms with Crippen LogP contribution in [-0.4, -0.2) is 9.97 Å². The average molecular weight is 309 g/mol. The molecule has 0 unspecified atom stereocenters. The molecule has 0 aliphatic carbocycles. The molecule has 1 heterocycles.